The summed E-state index contributed by atoms with van der Waals surface area (Å²) in [6, 6.07) is 16.4. The van der Waals surface area contributed by atoms with Gasteiger partial charge in [0.15, 0.2) is 0 Å². The molecule has 0 aliphatic carbocycles. The summed E-state index contributed by atoms with van der Waals surface area (Å²) in [6.07, 6.45) is 1.26. The normalized spacial score (nSPS) is 20.1. The van der Waals surface area contributed by atoms with Crippen LogP contribution in [0.15, 0.2) is 48.5 Å². The molecular formula is C23H28ClN2O2-. The van der Waals surface area contributed by atoms with E-state index in [4.69, 9.17) is 11.6 Å². The van der Waals surface area contributed by atoms with Gasteiger partial charge in [0.05, 0.1) is 0 Å². The summed E-state index contributed by atoms with van der Waals surface area (Å²) >= 11 is 6.13. The number of rotatable bonds is 4. The first-order valence-corrected chi connectivity index (χ1v) is 10.2. The Hall–Kier alpha value is -2.20. The van der Waals surface area contributed by atoms with Crippen LogP contribution < -0.4 is 10.4 Å². The van der Waals surface area contributed by atoms with Crippen LogP contribution in [0.25, 0.3) is 0 Å². The van der Waals surface area contributed by atoms with E-state index < -0.39 is 6.09 Å². The maximum Gasteiger partial charge on any atom is 0.137 e. The molecule has 5 heteroatoms. The number of carbonyl (C=O) groups is 1. The zero-order valence-electron chi connectivity index (χ0n) is 16.7. The molecule has 1 amide bonds. The topological polar surface area (TPSA) is 55.4 Å². The Morgan fingerprint density at radius 1 is 1.21 bits per heavy atom. The van der Waals surface area contributed by atoms with Gasteiger partial charge in [-0.15, -0.1) is 0 Å². The highest BCUT2D eigenvalue weighted by Crippen LogP contribution is 2.33. The summed E-state index contributed by atoms with van der Waals surface area (Å²) in [5, 5.41) is 16.0. The lowest BCUT2D eigenvalue weighted by Gasteiger charge is -2.47. The first-order chi connectivity index (χ1) is 13.2. The van der Waals surface area contributed by atoms with Gasteiger partial charge in [0, 0.05) is 29.3 Å². The molecule has 1 fully saturated rings. The number of benzene rings is 2. The predicted octanol–water partition coefficient (Wildman–Crippen LogP) is 4.57. The number of nitrogens with zero attached hydrogens (tertiary/aromatic N) is 1. The van der Waals surface area contributed by atoms with Crippen LogP contribution in [0.1, 0.15) is 44.7 Å². The van der Waals surface area contributed by atoms with Gasteiger partial charge >= 0.3 is 0 Å². The third-order valence-corrected chi connectivity index (χ3v) is 5.73. The number of para-hydroxylation sites is 1. The van der Waals surface area contributed by atoms with Crippen LogP contribution in [0.5, 0.6) is 0 Å². The lowest BCUT2D eigenvalue weighted by atomic mass is 9.79. The number of carbonyl (C=O) groups excluding carboxylic acids is 1. The summed E-state index contributed by atoms with van der Waals surface area (Å²) in [4.78, 5) is 13.0. The van der Waals surface area contributed by atoms with Gasteiger partial charge in [-0.3, -0.25) is 0 Å². The van der Waals surface area contributed by atoms with Crippen molar-refractivity contribution in [1.82, 2.24) is 4.90 Å². The molecule has 2 unspecified atom stereocenters. The highest BCUT2D eigenvalue weighted by atomic mass is 35.5. The molecule has 150 valence electrons. The Morgan fingerprint density at radius 3 is 2.64 bits per heavy atom. The van der Waals surface area contributed by atoms with Crippen molar-refractivity contribution in [3.05, 3.63) is 64.7 Å². The molecule has 0 radical (unpaired) electrons. The number of amides is 1. The monoisotopic (exact) mass is 399 g/mol. The van der Waals surface area contributed by atoms with Crippen molar-refractivity contribution in [2.24, 2.45) is 5.41 Å². The smallest absolute Gasteiger partial charge is 0.137 e. The number of hydrogen-bond acceptors (Lipinski definition) is 3. The second-order valence-corrected chi connectivity index (χ2v) is 9.11. The Balaban J connectivity index is 1.76. The minimum atomic E-state index is -1.07. The molecule has 0 aromatic heterocycles. The molecule has 0 bridgehead atoms. The van der Waals surface area contributed by atoms with Crippen LogP contribution in [-0.4, -0.2) is 29.6 Å². The molecular weight excluding hydrogens is 372 g/mol. The quantitative estimate of drug-likeness (QED) is 0.819. The fourth-order valence-electron chi connectivity index (χ4n) is 4.04. The molecule has 0 spiro atoms. The number of carboxylic acid groups (broad SMARTS) is 1. The van der Waals surface area contributed by atoms with E-state index in [2.05, 4.69) is 44.3 Å². The number of anilines is 1. The molecule has 3 rings (SSSR count). The van der Waals surface area contributed by atoms with Crippen molar-refractivity contribution in [2.45, 2.75) is 52.1 Å². The maximum absolute atomic E-state index is 11.5. The van der Waals surface area contributed by atoms with Crippen molar-refractivity contribution in [2.75, 3.05) is 11.9 Å². The number of likely N-dealkylation sites (tertiary alicyclic amines) is 1. The molecule has 0 saturated carbocycles. The Labute approximate surface area is 172 Å². The van der Waals surface area contributed by atoms with Crippen LogP contribution >= 0.6 is 11.6 Å². The molecule has 4 nitrogen and oxygen atoms in total. The van der Waals surface area contributed by atoms with Crippen molar-refractivity contribution in [3.8, 4) is 0 Å². The van der Waals surface area contributed by atoms with E-state index in [0.29, 0.717) is 6.54 Å². The van der Waals surface area contributed by atoms with Gasteiger partial charge in [-0.05, 0) is 54.0 Å². The highest BCUT2D eigenvalue weighted by Gasteiger charge is 2.36. The molecule has 2 aromatic carbocycles. The average Bonchev–Trinajstić information content (AvgIpc) is 2.62. The number of hydrogen-bond donors (Lipinski definition) is 1. The summed E-state index contributed by atoms with van der Waals surface area (Å²) in [6.45, 7) is 6.76. The van der Waals surface area contributed by atoms with Gasteiger partial charge in [0.2, 0.25) is 0 Å². The van der Waals surface area contributed by atoms with Crippen molar-refractivity contribution in [1.29, 1.82) is 0 Å². The third-order valence-electron chi connectivity index (χ3n) is 5.50. The summed E-state index contributed by atoms with van der Waals surface area (Å²) in [5.41, 5.74) is 3.34. The zero-order chi connectivity index (χ0) is 20.3. The second kappa shape index (κ2) is 8.44. The second-order valence-electron chi connectivity index (χ2n) is 8.67. The lowest BCUT2D eigenvalue weighted by molar-refractivity contribution is -0.271. The van der Waals surface area contributed by atoms with Crippen molar-refractivity contribution in [3.63, 3.8) is 0 Å². The first-order valence-electron chi connectivity index (χ1n) is 9.80. The fourth-order valence-corrected chi connectivity index (χ4v) is 4.25. The molecule has 1 aliphatic rings. The Bertz CT molecular complexity index is 831. The SMILES string of the molecule is CC(C)(C)C1CC(Nc2ccccc2Cc2cccc(Cl)c2)CCN1C(=O)[O-]. The van der Waals surface area contributed by atoms with E-state index in [1.165, 1.54) is 16.0 Å². The van der Waals surface area contributed by atoms with E-state index in [0.717, 1.165) is 30.0 Å². The van der Waals surface area contributed by atoms with Crippen LogP contribution in [-0.2, 0) is 6.42 Å². The van der Waals surface area contributed by atoms with Crippen LogP contribution in [0.2, 0.25) is 5.02 Å². The molecule has 2 atom stereocenters. The van der Waals surface area contributed by atoms with Crippen LogP contribution in [0.3, 0.4) is 0 Å². The molecule has 2 aromatic rings. The molecule has 1 saturated heterocycles. The molecule has 28 heavy (non-hydrogen) atoms. The zero-order valence-corrected chi connectivity index (χ0v) is 17.5. The minimum Gasteiger partial charge on any atom is -0.530 e. The summed E-state index contributed by atoms with van der Waals surface area (Å²) in [5.74, 6) is 0. The summed E-state index contributed by atoms with van der Waals surface area (Å²) < 4.78 is 0. The van der Waals surface area contributed by atoms with Gasteiger partial charge < -0.3 is 20.1 Å². The van der Waals surface area contributed by atoms with E-state index in [9.17, 15) is 9.90 Å². The largest absolute Gasteiger partial charge is 0.530 e. The van der Waals surface area contributed by atoms with Gasteiger partial charge in [0.1, 0.15) is 6.09 Å². The Morgan fingerprint density at radius 2 is 1.96 bits per heavy atom. The molecule has 1 aliphatic heterocycles. The molecule has 1 N–H and O–H groups in total. The predicted molar refractivity (Wildman–Crippen MR) is 113 cm³/mol. The van der Waals surface area contributed by atoms with Crippen LogP contribution in [0.4, 0.5) is 10.5 Å². The van der Waals surface area contributed by atoms with E-state index in [-0.39, 0.29) is 17.5 Å². The van der Waals surface area contributed by atoms with Gasteiger partial charge in [-0.25, -0.2) is 0 Å². The number of halogens is 1. The average molecular weight is 400 g/mol. The van der Waals surface area contributed by atoms with E-state index in [1.807, 2.05) is 30.3 Å². The van der Waals surface area contributed by atoms with E-state index in [1.54, 1.807) is 0 Å². The van der Waals surface area contributed by atoms with Gasteiger partial charge in [-0.2, -0.15) is 0 Å². The van der Waals surface area contributed by atoms with Crippen LogP contribution in [0, 0.1) is 5.41 Å². The maximum atomic E-state index is 11.5. The molecule has 1 heterocycles. The van der Waals surface area contributed by atoms with E-state index >= 15 is 0 Å². The minimum absolute atomic E-state index is 0.0659. The first kappa shape index (κ1) is 20.5. The van der Waals surface area contributed by atoms with Gasteiger partial charge in [-0.1, -0.05) is 62.7 Å². The van der Waals surface area contributed by atoms with Crippen molar-refractivity contribution < 1.29 is 9.90 Å². The lowest BCUT2D eigenvalue weighted by Crippen LogP contribution is -2.57. The highest BCUT2D eigenvalue weighted by molar-refractivity contribution is 6.30. The number of nitrogens with one attached hydrogen (secondary N) is 1. The van der Waals surface area contributed by atoms with Crippen molar-refractivity contribution >= 4 is 23.4 Å². The van der Waals surface area contributed by atoms with Gasteiger partial charge in [0.25, 0.3) is 0 Å². The summed E-state index contributed by atoms with van der Waals surface area (Å²) in [7, 11) is 0. The fraction of sp³-hybridized carbons (Fsp3) is 0.435. The number of piperidine rings is 1. The Kier molecular flexibility index (Phi) is 6.19. The standard InChI is InChI=1S/C23H29ClN2O2/c1-23(2,3)21-15-19(11-12-26(21)22(27)28)25-20-10-5-4-8-17(20)13-16-7-6-9-18(24)14-16/h4-10,14,19,21,25H,11-13,15H2,1-3H3,(H,27,28)/p-1. The third kappa shape index (κ3) is 4.99.